The standard InChI is InChI=1S/C18H24BrN3O/c19-16-11-13(12-20)10-15(18(16)23)17(14-4-2-1-3-5-14)22-8-6-21-7-9-22/h10-11,14,17,21,23H,1-9H2/t17-/m0/s1. The molecule has 2 N–H and O–H groups in total. The Kier molecular flexibility index (Phi) is 5.58. The highest BCUT2D eigenvalue weighted by atomic mass is 79.9. The van der Waals surface area contributed by atoms with Crippen molar-refractivity contribution in [2.75, 3.05) is 26.2 Å². The van der Waals surface area contributed by atoms with Crippen molar-refractivity contribution in [1.82, 2.24) is 10.2 Å². The van der Waals surface area contributed by atoms with Crippen LogP contribution < -0.4 is 5.32 Å². The Bertz CT molecular complexity index is 569. The summed E-state index contributed by atoms with van der Waals surface area (Å²) in [6.45, 7) is 3.97. The number of hydrogen-bond acceptors (Lipinski definition) is 4. The third-order valence-electron chi connectivity index (χ3n) is 5.18. The number of piperazine rings is 1. The number of phenolic OH excluding ortho intramolecular Hbond substituents is 1. The molecular formula is C18H24BrN3O. The number of nitriles is 1. The summed E-state index contributed by atoms with van der Waals surface area (Å²) in [4.78, 5) is 2.50. The maximum atomic E-state index is 10.7. The fourth-order valence-corrected chi connectivity index (χ4v) is 4.54. The van der Waals surface area contributed by atoms with Gasteiger partial charge < -0.3 is 10.4 Å². The molecule has 0 bridgehead atoms. The van der Waals surface area contributed by atoms with E-state index in [-0.39, 0.29) is 6.04 Å². The Hall–Kier alpha value is -1.09. The van der Waals surface area contributed by atoms with Crippen LogP contribution in [0.4, 0.5) is 0 Å². The number of phenols is 1. The molecule has 1 aromatic rings. The molecule has 0 unspecified atom stereocenters. The van der Waals surface area contributed by atoms with Gasteiger partial charge in [-0.25, -0.2) is 0 Å². The monoisotopic (exact) mass is 377 g/mol. The van der Waals surface area contributed by atoms with E-state index in [9.17, 15) is 10.4 Å². The number of halogens is 1. The minimum Gasteiger partial charge on any atom is -0.506 e. The van der Waals surface area contributed by atoms with Crippen LogP contribution in [0.1, 0.15) is 49.3 Å². The average Bonchev–Trinajstić information content (AvgIpc) is 2.60. The Labute approximate surface area is 146 Å². The van der Waals surface area contributed by atoms with Gasteiger partial charge in [-0.3, -0.25) is 4.90 Å². The zero-order valence-electron chi connectivity index (χ0n) is 13.4. The van der Waals surface area contributed by atoms with E-state index in [4.69, 9.17) is 0 Å². The number of nitrogens with one attached hydrogen (secondary N) is 1. The molecule has 3 rings (SSSR count). The van der Waals surface area contributed by atoms with E-state index in [2.05, 4.69) is 32.2 Å². The molecule has 0 aromatic heterocycles. The summed E-state index contributed by atoms with van der Waals surface area (Å²) < 4.78 is 0.627. The van der Waals surface area contributed by atoms with Crippen LogP contribution >= 0.6 is 15.9 Å². The second-order valence-electron chi connectivity index (χ2n) is 6.64. The van der Waals surface area contributed by atoms with Crippen molar-refractivity contribution in [3.63, 3.8) is 0 Å². The third-order valence-corrected chi connectivity index (χ3v) is 5.79. The van der Waals surface area contributed by atoms with Gasteiger partial charge in [0.05, 0.1) is 16.1 Å². The van der Waals surface area contributed by atoms with Gasteiger partial charge in [-0.2, -0.15) is 5.26 Å². The van der Waals surface area contributed by atoms with Gasteiger partial charge in [-0.05, 0) is 46.8 Å². The Morgan fingerprint density at radius 3 is 2.57 bits per heavy atom. The summed E-state index contributed by atoms with van der Waals surface area (Å²) in [6.07, 6.45) is 6.28. The Balaban J connectivity index is 2.00. The second-order valence-corrected chi connectivity index (χ2v) is 7.49. The lowest BCUT2D eigenvalue weighted by Gasteiger charge is -2.41. The summed E-state index contributed by atoms with van der Waals surface area (Å²) in [5.41, 5.74) is 1.53. The predicted molar refractivity (Wildman–Crippen MR) is 94.3 cm³/mol. The van der Waals surface area contributed by atoms with E-state index in [0.29, 0.717) is 21.7 Å². The highest BCUT2D eigenvalue weighted by Crippen LogP contribution is 2.44. The first-order valence-electron chi connectivity index (χ1n) is 8.58. The number of nitrogens with zero attached hydrogens (tertiary/aromatic N) is 2. The van der Waals surface area contributed by atoms with Gasteiger partial charge in [0, 0.05) is 37.8 Å². The van der Waals surface area contributed by atoms with E-state index in [1.165, 1.54) is 32.1 Å². The summed E-state index contributed by atoms with van der Waals surface area (Å²) in [5.74, 6) is 0.867. The van der Waals surface area contributed by atoms with Gasteiger partial charge >= 0.3 is 0 Å². The van der Waals surface area contributed by atoms with Gasteiger partial charge in [-0.15, -0.1) is 0 Å². The molecule has 23 heavy (non-hydrogen) atoms. The minimum absolute atomic E-state index is 0.210. The van der Waals surface area contributed by atoms with Crippen LogP contribution in [0.25, 0.3) is 0 Å². The zero-order chi connectivity index (χ0) is 16.2. The fourth-order valence-electron chi connectivity index (χ4n) is 4.07. The van der Waals surface area contributed by atoms with Gasteiger partial charge in [-0.1, -0.05) is 19.3 Å². The number of benzene rings is 1. The molecule has 124 valence electrons. The highest BCUT2D eigenvalue weighted by molar-refractivity contribution is 9.10. The molecule has 1 saturated heterocycles. The fraction of sp³-hybridized carbons (Fsp3) is 0.611. The normalized spacial score (nSPS) is 21.7. The smallest absolute Gasteiger partial charge is 0.134 e. The van der Waals surface area contributed by atoms with Crippen molar-refractivity contribution < 1.29 is 5.11 Å². The van der Waals surface area contributed by atoms with E-state index >= 15 is 0 Å². The van der Waals surface area contributed by atoms with E-state index < -0.39 is 0 Å². The number of aromatic hydroxyl groups is 1. The molecule has 1 aliphatic heterocycles. The van der Waals surface area contributed by atoms with Crippen molar-refractivity contribution in [2.45, 2.75) is 38.1 Å². The summed E-state index contributed by atoms with van der Waals surface area (Å²) in [5, 5.41) is 23.4. The second kappa shape index (κ2) is 7.65. The summed E-state index contributed by atoms with van der Waals surface area (Å²) in [6, 6.07) is 6.03. The largest absolute Gasteiger partial charge is 0.506 e. The molecule has 1 saturated carbocycles. The third kappa shape index (κ3) is 3.71. The molecule has 2 aliphatic rings. The lowest BCUT2D eigenvalue weighted by Crippen LogP contribution is -2.47. The Morgan fingerprint density at radius 2 is 1.91 bits per heavy atom. The van der Waals surface area contributed by atoms with Crippen molar-refractivity contribution in [3.05, 3.63) is 27.7 Å². The number of hydrogen-bond donors (Lipinski definition) is 2. The lowest BCUT2D eigenvalue weighted by molar-refractivity contribution is 0.101. The van der Waals surface area contributed by atoms with Crippen LogP contribution in [-0.4, -0.2) is 36.2 Å². The molecule has 1 aromatic carbocycles. The highest BCUT2D eigenvalue weighted by Gasteiger charge is 2.33. The first-order valence-corrected chi connectivity index (χ1v) is 9.37. The van der Waals surface area contributed by atoms with Crippen molar-refractivity contribution >= 4 is 15.9 Å². The van der Waals surface area contributed by atoms with Gasteiger partial charge in [0.25, 0.3) is 0 Å². The van der Waals surface area contributed by atoms with Crippen LogP contribution in [-0.2, 0) is 0 Å². The lowest BCUT2D eigenvalue weighted by atomic mass is 9.79. The Morgan fingerprint density at radius 1 is 1.22 bits per heavy atom. The molecule has 0 amide bonds. The maximum absolute atomic E-state index is 10.7. The predicted octanol–water partition coefficient (Wildman–Crippen LogP) is 3.55. The topological polar surface area (TPSA) is 59.3 Å². The molecule has 1 aliphatic carbocycles. The van der Waals surface area contributed by atoms with Crippen LogP contribution in [0.5, 0.6) is 5.75 Å². The van der Waals surface area contributed by atoms with Crippen molar-refractivity contribution in [3.8, 4) is 11.8 Å². The quantitative estimate of drug-likeness (QED) is 0.845. The average molecular weight is 378 g/mol. The molecule has 4 nitrogen and oxygen atoms in total. The van der Waals surface area contributed by atoms with Crippen LogP contribution in [0.3, 0.4) is 0 Å². The molecule has 0 radical (unpaired) electrons. The van der Waals surface area contributed by atoms with Crippen LogP contribution in [0.2, 0.25) is 0 Å². The van der Waals surface area contributed by atoms with Crippen LogP contribution in [0, 0.1) is 17.2 Å². The van der Waals surface area contributed by atoms with Crippen molar-refractivity contribution in [2.24, 2.45) is 5.92 Å². The molecule has 0 spiro atoms. The van der Waals surface area contributed by atoms with Gasteiger partial charge in [0.1, 0.15) is 5.75 Å². The molecule has 1 heterocycles. The van der Waals surface area contributed by atoms with Crippen molar-refractivity contribution in [1.29, 1.82) is 5.26 Å². The zero-order valence-corrected chi connectivity index (χ0v) is 15.0. The van der Waals surface area contributed by atoms with Crippen LogP contribution in [0.15, 0.2) is 16.6 Å². The minimum atomic E-state index is 0.210. The first-order chi connectivity index (χ1) is 11.2. The van der Waals surface area contributed by atoms with Gasteiger partial charge in [0.15, 0.2) is 0 Å². The first kappa shape index (κ1) is 16.8. The number of rotatable bonds is 3. The SMILES string of the molecule is N#Cc1cc(Br)c(O)c([C@H](C2CCCCC2)N2CCNCC2)c1. The maximum Gasteiger partial charge on any atom is 0.134 e. The molecule has 1 atom stereocenters. The molecular weight excluding hydrogens is 354 g/mol. The van der Waals surface area contributed by atoms with E-state index in [1.807, 2.05) is 6.07 Å². The molecule has 5 heteroatoms. The van der Waals surface area contributed by atoms with Gasteiger partial charge in [0.2, 0.25) is 0 Å². The summed E-state index contributed by atoms with van der Waals surface area (Å²) >= 11 is 3.42. The van der Waals surface area contributed by atoms with E-state index in [1.54, 1.807) is 6.07 Å². The molecule has 2 fully saturated rings. The summed E-state index contributed by atoms with van der Waals surface area (Å²) in [7, 11) is 0. The van der Waals surface area contributed by atoms with E-state index in [0.717, 1.165) is 31.7 Å².